The van der Waals surface area contributed by atoms with Crippen LogP contribution in [0.1, 0.15) is 18.9 Å². The topological polar surface area (TPSA) is 87.7 Å². The molecule has 1 rings (SSSR count). The Labute approximate surface area is 118 Å². The predicted octanol–water partition coefficient (Wildman–Crippen LogP) is 0.199. The molecule has 0 unspecified atom stereocenters. The lowest BCUT2D eigenvalue weighted by Gasteiger charge is -2.14. The van der Waals surface area contributed by atoms with Gasteiger partial charge in [-0.25, -0.2) is 0 Å². The summed E-state index contributed by atoms with van der Waals surface area (Å²) in [6, 6.07) is 6.83. The van der Waals surface area contributed by atoms with Crippen LogP contribution in [0, 0.1) is 0 Å². The Morgan fingerprint density at radius 1 is 1.30 bits per heavy atom. The molecule has 20 heavy (non-hydrogen) atoms. The van der Waals surface area contributed by atoms with Gasteiger partial charge in [0.25, 0.3) is 0 Å². The minimum Gasteiger partial charge on any atom is -0.496 e. The number of hydrogen-bond acceptors (Lipinski definition) is 4. The smallest absolute Gasteiger partial charge is 0.309 e. The second-order valence-electron chi connectivity index (χ2n) is 4.26. The maximum Gasteiger partial charge on any atom is 0.309 e. The zero-order valence-corrected chi connectivity index (χ0v) is 11.7. The second kappa shape index (κ2) is 8.16. The van der Waals surface area contributed by atoms with Gasteiger partial charge in [0.05, 0.1) is 19.8 Å². The molecule has 1 aromatic rings. The molecule has 6 nitrogen and oxygen atoms in total. The highest BCUT2D eigenvalue weighted by Gasteiger charge is 2.17. The second-order valence-corrected chi connectivity index (χ2v) is 4.26. The summed E-state index contributed by atoms with van der Waals surface area (Å²) in [5, 5.41) is 13.9. The molecule has 0 spiro atoms. The third-order valence-corrected chi connectivity index (χ3v) is 2.89. The van der Waals surface area contributed by atoms with Crippen molar-refractivity contribution >= 4 is 11.8 Å². The number of para-hydroxylation sites is 1. The van der Waals surface area contributed by atoms with Crippen LogP contribution in [-0.2, 0) is 16.1 Å². The lowest BCUT2D eigenvalue weighted by molar-refractivity contribution is -0.139. The van der Waals surface area contributed by atoms with E-state index in [1.165, 1.54) is 0 Å². The van der Waals surface area contributed by atoms with Crippen molar-refractivity contribution in [2.75, 3.05) is 13.7 Å². The van der Waals surface area contributed by atoms with Gasteiger partial charge in [-0.15, -0.1) is 0 Å². The van der Waals surface area contributed by atoms with Gasteiger partial charge in [-0.2, -0.15) is 0 Å². The highest BCUT2D eigenvalue weighted by Crippen LogP contribution is 2.16. The van der Waals surface area contributed by atoms with Crippen LogP contribution in [0.15, 0.2) is 24.3 Å². The summed E-state index contributed by atoms with van der Waals surface area (Å²) >= 11 is 0. The largest absolute Gasteiger partial charge is 0.496 e. The van der Waals surface area contributed by atoms with Gasteiger partial charge in [-0.1, -0.05) is 25.1 Å². The predicted molar refractivity (Wildman–Crippen MR) is 74.1 cm³/mol. The van der Waals surface area contributed by atoms with Crippen molar-refractivity contribution in [2.45, 2.75) is 25.9 Å². The average Bonchev–Trinajstić information content (AvgIpc) is 2.50. The van der Waals surface area contributed by atoms with Gasteiger partial charge >= 0.3 is 11.8 Å². The first-order valence-electron chi connectivity index (χ1n) is 6.43. The molecule has 0 aliphatic carbocycles. The fourth-order valence-electron chi connectivity index (χ4n) is 1.63. The number of aliphatic hydroxyl groups is 1. The van der Waals surface area contributed by atoms with E-state index in [0.29, 0.717) is 12.2 Å². The van der Waals surface area contributed by atoms with Gasteiger partial charge in [-0.05, 0) is 12.5 Å². The number of benzene rings is 1. The Bertz CT molecular complexity index is 458. The summed E-state index contributed by atoms with van der Waals surface area (Å²) in [6.45, 7) is 1.82. The summed E-state index contributed by atoms with van der Waals surface area (Å²) in [5.41, 5.74) is 0.783. The van der Waals surface area contributed by atoms with Crippen LogP contribution in [-0.4, -0.2) is 36.7 Å². The van der Waals surface area contributed by atoms with Crippen LogP contribution in [0.2, 0.25) is 0 Å². The zero-order valence-electron chi connectivity index (χ0n) is 11.7. The lowest BCUT2D eigenvalue weighted by atomic mass is 10.2. The molecule has 0 aromatic heterocycles. The van der Waals surface area contributed by atoms with E-state index >= 15 is 0 Å². The molecule has 3 N–H and O–H groups in total. The van der Waals surface area contributed by atoms with Crippen molar-refractivity contribution < 1.29 is 19.4 Å². The maximum atomic E-state index is 11.6. The Morgan fingerprint density at radius 2 is 2.00 bits per heavy atom. The van der Waals surface area contributed by atoms with Crippen molar-refractivity contribution in [3.05, 3.63) is 29.8 Å². The molecule has 0 bridgehead atoms. The average molecular weight is 280 g/mol. The molecule has 1 aromatic carbocycles. The summed E-state index contributed by atoms with van der Waals surface area (Å²) in [7, 11) is 1.54. The Balaban J connectivity index is 2.52. The number of methoxy groups -OCH3 is 1. The van der Waals surface area contributed by atoms with E-state index in [2.05, 4.69) is 10.6 Å². The standard InChI is InChI=1S/C14H20N2O4/c1-3-11(9-17)16-14(19)13(18)15-8-10-6-4-5-7-12(10)20-2/h4-7,11,17H,3,8-9H2,1-2H3,(H,15,18)(H,16,19)/t11-/m0/s1. The molecule has 110 valence electrons. The first-order chi connectivity index (χ1) is 9.62. The van der Waals surface area contributed by atoms with Gasteiger partial charge < -0.3 is 20.5 Å². The van der Waals surface area contributed by atoms with Crippen molar-refractivity contribution in [1.82, 2.24) is 10.6 Å². The molecule has 0 fully saturated rings. The van der Waals surface area contributed by atoms with Crippen LogP contribution < -0.4 is 15.4 Å². The molecule has 1 atom stereocenters. The van der Waals surface area contributed by atoms with Crippen LogP contribution in [0.4, 0.5) is 0 Å². The number of ether oxygens (including phenoxy) is 1. The fourth-order valence-corrected chi connectivity index (χ4v) is 1.63. The number of rotatable bonds is 6. The van der Waals surface area contributed by atoms with Crippen molar-refractivity contribution in [1.29, 1.82) is 0 Å². The molecular weight excluding hydrogens is 260 g/mol. The summed E-state index contributed by atoms with van der Waals surface area (Å²) in [6.07, 6.45) is 0.558. The van der Waals surface area contributed by atoms with Gasteiger partial charge in [0.1, 0.15) is 5.75 Å². The van der Waals surface area contributed by atoms with Crippen LogP contribution in [0.25, 0.3) is 0 Å². The highest BCUT2D eigenvalue weighted by atomic mass is 16.5. The monoisotopic (exact) mass is 280 g/mol. The molecule has 2 amide bonds. The zero-order chi connectivity index (χ0) is 15.0. The Morgan fingerprint density at radius 3 is 2.60 bits per heavy atom. The summed E-state index contributed by atoms with van der Waals surface area (Å²) in [5.74, 6) is -0.835. The van der Waals surface area contributed by atoms with Crippen LogP contribution >= 0.6 is 0 Å². The molecule has 0 saturated carbocycles. The van der Waals surface area contributed by atoms with Gasteiger partial charge in [-0.3, -0.25) is 9.59 Å². The minimum absolute atomic E-state index is 0.192. The number of hydrogen-bond donors (Lipinski definition) is 3. The fraction of sp³-hybridized carbons (Fsp3) is 0.429. The first kappa shape index (κ1) is 16.0. The quantitative estimate of drug-likeness (QED) is 0.650. The third kappa shape index (κ3) is 4.55. The Kier molecular flexibility index (Phi) is 6.52. The number of amides is 2. The van der Waals surface area contributed by atoms with E-state index in [9.17, 15) is 9.59 Å². The summed E-state index contributed by atoms with van der Waals surface area (Å²) in [4.78, 5) is 23.2. The first-order valence-corrected chi connectivity index (χ1v) is 6.43. The molecular formula is C14H20N2O4. The molecule has 6 heteroatoms. The van der Waals surface area contributed by atoms with E-state index in [1.807, 2.05) is 19.1 Å². The number of aliphatic hydroxyl groups excluding tert-OH is 1. The minimum atomic E-state index is -0.749. The molecule has 0 aliphatic heterocycles. The van der Waals surface area contributed by atoms with Crippen LogP contribution in [0.5, 0.6) is 5.75 Å². The van der Waals surface area contributed by atoms with Crippen molar-refractivity contribution in [3.8, 4) is 5.75 Å². The van der Waals surface area contributed by atoms with Crippen molar-refractivity contribution in [2.24, 2.45) is 0 Å². The maximum absolute atomic E-state index is 11.6. The van der Waals surface area contributed by atoms with Crippen molar-refractivity contribution in [3.63, 3.8) is 0 Å². The molecule has 0 aliphatic rings. The van der Waals surface area contributed by atoms with E-state index < -0.39 is 17.9 Å². The highest BCUT2D eigenvalue weighted by molar-refractivity contribution is 6.35. The van der Waals surface area contributed by atoms with E-state index in [-0.39, 0.29) is 13.2 Å². The number of nitrogens with one attached hydrogen (secondary N) is 2. The summed E-state index contributed by atoms with van der Waals surface area (Å²) < 4.78 is 5.15. The van der Waals surface area contributed by atoms with E-state index in [0.717, 1.165) is 5.56 Å². The van der Waals surface area contributed by atoms with E-state index in [4.69, 9.17) is 9.84 Å². The molecule has 0 heterocycles. The SMILES string of the molecule is CC[C@@H](CO)NC(=O)C(=O)NCc1ccccc1OC. The lowest BCUT2D eigenvalue weighted by Crippen LogP contribution is -2.45. The van der Waals surface area contributed by atoms with Gasteiger partial charge in [0.15, 0.2) is 0 Å². The third-order valence-electron chi connectivity index (χ3n) is 2.89. The molecule has 0 radical (unpaired) electrons. The van der Waals surface area contributed by atoms with Gasteiger partial charge in [0, 0.05) is 12.1 Å². The molecule has 0 saturated heterocycles. The van der Waals surface area contributed by atoms with Gasteiger partial charge in [0.2, 0.25) is 0 Å². The number of carbonyl (C=O) groups is 2. The number of carbonyl (C=O) groups excluding carboxylic acids is 2. The Hall–Kier alpha value is -2.08. The normalized spacial score (nSPS) is 11.6. The van der Waals surface area contributed by atoms with Crippen LogP contribution in [0.3, 0.4) is 0 Å². The van der Waals surface area contributed by atoms with E-state index in [1.54, 1.807) is 19.2 Å².